The minimum atomic E-state index is -0.211. The normalized spacial score (nSPS) is 15.4. The van der Waals surface area contributed by atoms with Crippen LogP contribution in [0, 0.1) is 0 Å². The van der Waals surface area contributed by atoms with Crippen molar-refractivity contribution >= 4 is 11.6 Å². The van der Waals surface area contributed by atoms with E-state index in [1.807, 2.05) is 12.1 Å². The van der Waals surface area contributed by atoms with Gasteiger partial charge in [-0.2, -0.15) is 0 Å². The summed E-state index contributed by atoms with van der Waals surface area (Å²) in [6, 6.07) is 16.0. The molecule has 0 atom stereocenters. The van der Waals surface area contributed by atoms with Crippen LogP contribution in [0.25, 0.3) is 5.65 Å². The van der Waals surface area contributed by atoms with Gasteiger partial charge in [-0.05, 0) is 30.5 Å². The molecule has 1 amide bonds. The van der Waals surface area contributed by atoms with Gasteiger partial charge in [0.05, 0.1) is 0 Å². The first-order chi connectivity index (χ1) is 14.2. The SMILES string of the molecule is O=C(CCc1nnc2ccccn2c1=O)NC1CCN(Cc2ccccc2)CC1. The number of nitrogens with zero attached hydrogens (tertiary/aromatic N) is 4. The van der Waals surface area contributed by atoms with E-state index >= 15 is 0 Å². The molecule has 3 aromatic rings. The van der Waals surface area contributed by atoms with Gasteiger partial charge in [-0.15, -0.1) is 10.2 Å². The zero-order valence-corrected chi connectivity index (χ0v) is 16.3. The summed E-state index contributed by atoms with van der Waals surface area (Å²) in [6.45, 7) is 2.89. The maximum atomic E-state index is 12.4. The van der Waals surface area contributed by atoms with Crippen molar-refractivity contribution in [2.24, 2.45) is 0 Å². The Hall–Kier alpha value is -3.06. The van der Waals surface area contributed by atoms with Gasteiger partial charge >= 0.3 is 0 Å². The summed E-state index contributed by atoms with van der Waals surface area (Å²) in [4.78, 5) is 27.2. The molecule has 29 heavy (non-hydrogen) atoms. The summed E-state index contributed by atoms with van der Waals surface area (Å²) >= 11 is 0. The van der Waals surface area contributed by atoms with Gasteiger partial charge in [0.1, 0.15) is 5.69 Å². The highest BCUT2D eigenvalue weighted by atomic mass is 16.1. The Kier molecular flexibility index (Phi) is 5.95. The minimum absolute atomic E-state index is 0.0362. The van der Waals surface area contributed by atoms with E-state index in [0.29, 0.717) is 17.8 Å². The van der Waals surface area contributed by atoms with Crippen molar-refractivity contribution in [1.29, 1.82) is 0 Å². The maximum Gasteiger partial charge on any atom is 0.279 e. The van der Waals surface area contributed by atoms with Crippen molar-refractivity contribution < 1.29 is 4.79 Å². The summed E-state index contributed by atoms with van der Waals surface area (Å²) in [5, 5.41) is 11.2. The van der Waals surface area contributed by atoms with Gasteiger partial charge in [0.2, 0.25) is 5.91 Å². The summed E-state index contributed by atoms with van der Waals surface area (Å²) < 4.78 is 1.46. The van der Waals surface area contributed by atoms with E-state index in [4.69, 9.17) is 0 Å². The van der Waals surface area contributed by atoms with Gasteiger partial charge in [0, 0.05) is 44.7 Å². The van der Waals surface area contributed by atoms with Crippen molar-refractivity contribution in [3.63, 3.8) is 0 Å². The summed E-state index contributed by atoms with van der Waals surface area (Å²) in [6.07, 6.45) is 4.09. The highest BCUT2D eigenvalue weighted by molar-refractivity contribution is 5.76. The predicted octanol–water partition coefficient (Wildman–Crippen LogP) is 1.80. The fourth-order valence-corrected chi connectivity index (χ4v) is 3.75. The molecule has 0 bridgehead atoms. The van der Waals surface area contributed by atoms with Crippen LogP contribution in [0.1, 0.15) is 30.5 Å². The van der Waals surface area contributed by atoms with Crippen molar-refractivity contribution in [2.75, 3.05) is 13.1 Å². The van der Waals surface area contributed by atoms with Crippen LogP contribution in [-0.2, 0) is 17.8 Å². The van der Waals surface area contributed by atoms with Crippen LogP contribution in [0.15, 0.2) is 59.5 Å². The molecule has 0 spiro atoms. The third-order valence-electron chi connectivity index (χ3n) is 5.37. The van der Waals surface area contributed by atoms with Crippen LogP contribution in [0.2, 0.25) is 0 Å². The van der Waals surface area contributed by atoms with Crippen LogP contribution in [0.4, 0.5) is 0 Å². The molecule has 1 saturated heterocycles. The van der Waals surface area contributed by atoms with Crippen LogP contribution >= 0.6 is 0 Å². The molecule has 1 N–H and O–H groups in total. The number of piperidine rings is 1. The Balaban J connectivity index is 1.25. The van der Waals surface area contributed by atoms with Gasteiger partial charge in [-0.25, -0.2) is 0 Å². The second-order valence-corrected chi connectivity index (χ2v) is 7.48. The monoisotopic (exact) mass is 391 g/mol. The predicted molar refractivity (Wildman–Crippen MR) is 110 cm³/mol. The molecule has 0 saturated carbocycles. The summed E-state index contributed by atoms with van der Waals surface area (Å²) in [5.41, 5.74) is 1.94. The number of aromatic nitrogens is 3. The number of hydrogen-bond donors (Lipinski definition) is 1. The van der Waals surface area contributed by atoms with E-state index in [1.165, 1.54) is 9.96 Å². The molecule has 1 fully saturated rings. The van der Waals surface area contributed by atoms with Crippen molar-refractivity contribution in [2.45, 2.75) is 38.3 Å². The van der Waals surface area contributed by atoms with Crippen molar-refractivity contribution in [1.82, 2.24) is 24.8 Å². The van der Waals surface area contributed by atoms with E-state index in [-0.39, 0.29) is 23.9 Å². The van der Waals surface area contributed by atoms with E-state index in [1.54, 1.807) is 18.3 Å². The second-order valence-electron chi connectivity index (χ2n) is 7.48. The molecular weight excluding hydrogens is 366 g/mol. The lowest BCUT2D eigenvalue weighted by molar-refractivity contribution is -0.122. The van der Waals surface area contributed by atoms with Crippen LogP contribution in [-0.4, -0.2) is 44.5 Å². The Morgan fingerprint density at radius 3 is 2.59 bits per heavy atom. The molecule has 7 nitrogen and oxygen atoms in total. The summed E-state index contributed by atoms with van der Waals surface area (Å²) in [7, 11) is 0. The molecule has 3 heterocycles. The van der Waals surface area contributed by atoms with E-state index in [2.05, 4.69) is 44.7 Å². The third-order valence-corrected chi connectivity index (χ3v) is 5.37. The first kappa shape index (κ1) is 19.3. The number of benzene rings is 1. The molecular formula is C22H25N5O2. The van der Waals surface area contributed by atoms with Gasteiger partial charge in [0.25, 0.3) is 5.56 Å². The third kappa shape index (κ3) is 4.86. The molecule has 1 aliphatic heterocycles. The zero-order valence-electron chi connectivity index (χ0n) is 16.3. The average Bonchev–Trinajstić information content (AvgIpc) is 2.76. The minimum Gasteiger partial charge on any atom is -0.353 e. The first-order valence-electron chi connectivity index (χ1n) is 10.1. The summed E-state index contributed by atoms with van der Waals surface area (Å²) in [5.74, 6) is -0.0362. The number of likely N-dealkylation sites (tertiary alicyclic amines) is 1. The Morgan fingerprint density at radius 1 is 1.03 bits per heavy atom. The number of hydrogen-bond acceptors (Lipinski definition) is 5. The van der Waals surface area contributed by atoms with Gasteiger partial charge < -0.3 is 5.32 Å². The van der Waals surface area contributed by atoms with E-state index < -0.39 is 0 Å². The molecule has 0 radical (unpaired) electrons. The molecule has 7 heteroatoms. The lowest BCUT2D eigenvalue weighted by atomic mass is 10.0. The van der Waals surface area contributed by atoms with Crippen molar-refractivity contribution in [3.05, 3.63) is 76.3 Å². The lowest BCUT2D eigenvalue weighted by Crippen LogP contribution is -2.44. The number of carbonyl (C=O) groups is 1. The zero-order chi connectivity index (χ0) is 20.1. The number of pyridine rings is 1. The molecule has 1 aliphatic rings. The number of aryl methyl sites for hydroxylation is 1. The molecule has 1 aromatic carbocycles. The smallest absolute Gasteiger partial charge is 0.279 e. The average molecular weight is 391 g/mol. The van der Waals surface area contributed by atoms with Gasteiger partial charge in [-0.3, -0.25) is 18.9 Å². The number of fused-ring (bicyclic) bond motifs is 1. The standard InChI is InChI=1S/C22H25N5O2/c28-21(10-9-19-22(29)27-13-5-4-8-20(27)25-24-19)23-18-11-14-26(15-12-18)16-17-6-2-1-3-7-17/h1-8,13,18H,9-12,14-16H2,(H,23,28). The number of amides is 1. The van der Waals surface area contributed by atoms with E-state index in [9.17, 15) is 9.59 Å². The van der Waals surface area contributed by atoms with Gasteiger partial charge in [0.15, 0.2) is 5.65 Å². The molecule has 4 rings (SSSR count). The van der Waals surface area contributed by atoms with Crippen LogP contribution in [0.5, 0.6) is 0 Å². The molecule has 150 valence electrons. The van der Waals surface area contributed by atoms with Crippen LogP contribution < -0.4 is 10.9 Å². The van der Waals surface area contributed by atoms with E-state index in [0.717, 1.165) is 32.5 Å². The topological polar surface area (TPSA) is 79.6 Å². The Labute approximate surface area is 169 Å². The fraction of sp³-hybridized carbons (Fsp3) is 0.364. The molecule has 2 aromatic heterocycles. The Bertz CT molecular complexity index is 1030. The molecule has 0 unspecified atom stereocenters. The maximum absolute atomic E-state index is 12.4. The van der Waals surface area contributed by atoms with Crippen molar-refractivity contribution in [3.8, 4) is 0 Å². The quantitative estimate of drug-likeness (QED) is 0.693. The number of carbonyl (C=O) groups excluding carboxylic acids is 1. The van der Waals surface area contributed by atoms with Crippen LogP contribution in [0.3, 0.4) is 0 Å². The lowest BCUT2D eigenvalue weighted by Gasteiger charge is -2.32. The van der Waals surface area contributed by atoms with Gasteiger partial charge in [-0.1, -0.05) is 36.4 Å². The molecule has 0 aliphatic carbocycles. The fourth-order valence-electron chi connectivity index (χ4n) is 3.75. The highest BCUT2D eigenvalue weighted by Gasteiger charge is 2.21. The number of rotatable bonds is 6. The highest BCUT2D eigenvalue weighted by Crippen LogP contribution is 2.14. The number of nitrogens with one attached hydrogen (secondary N) is 1. The first-order valence-corrected chi connectivity index (χ1v) is 10.1. The second kappa shape index (κ2) is 8.96. The Morgan fingerprint density at radius 2 is 1.79 bits per heavy atom. The largest absolute Gasteiger partial charge is 0.353 e.